The lowest BCUT2D eigenvalue weighted by molar-refractivity contribution is 0.491. The summed E-state index contributed by atoms with van der Waals surface area (Å²) in [6.07, 6.45) is 0. The molecule has 0 fully saturated rings. The molecule has 0 saturated carbocycles. The van der Waals surface area contributed by atoms with Crippen molar-refractivity contribution in [2.45, 2.75) is 11.8 Å². The van der Waals surface area contributed by atoms with Gasteiger partial charge in [-0.1, -0.05) is 37.9 Å². The van der Waals surface area contributed by atoms with E-state index in [0.717, 1.165) is 21.7 Å². The van der Waals surface area contributed by atoms with E-state index in [1.807, 2.05) is 19.1 Å². The molecule has 0 N–H and O–H groups in total. The number of alkyl halides is 1. The molecule has 2 aromatic carbocycles. The maximum absolute atomic E-state index is 13.7. The zero-order valence-corrected chi connectivity index (χ0v) is 13.0. The van der Waals surface area contributed by atoms with Gasteiger partial charge in [0, 0.05) is 16.1 Å². The molecule has 0 nitrogen and oxygen atoms in total. The maximum Gasteiger partial charge on any atom is 0.161 e. The Kier molecular flexibility index (Phi) is 4.36. The van der Waals surface area contributed by atoms with Gasteiger partial charge in [-0.2, -0.15) is 0 Å². The van der Waals surface area contributed by atoms with Crippen LogP contribution in [0.5, 0.6) is 0 Å². The normalized spacial score (nSPS) is 12.5. The minimum Gasteiger partial charge on any atom is -0.207 e. The summed E-state index contributed by atoms with van der Waals surface area (Å²) in [5.74, 6) is -3.03. The van der Waals surface area contributed by atoms with E-state index in [1.54, 1.807) is 6.07 Å². The fourth-order valence-corrected chi connectivity index (χ4v) is 3.06. The molecule has 0 aromatic heterocycles. The van der Waals surface area contributed by atoms with Crippen molar-refractivity contribution in [2.75, 3.05) is 0 Å². The third-order valence-corrected chi connectivity index (χ3v) is 4.15. The lowest BCUT2D eigenvalue weighted by atomic mass is 10.0. The fraction of sp³-hybridized carbons (Fsp3) is 0.143. The summed E-state index contributed by atoms with van der Waals surface area (Å²) in [6.45, 7) is 1.90. The van der Waals surface area contributed by atoms with Gasteiger partial charge in [0.25, 0.3) is 0 Å². The van der Waals surface area contributed by atoms with E-state index in [0.29, 0.717) is 6.07 Å². The van der Waals surface area contributed by atoms with E-state index < -0.39 is 22.3 Å². The molecular weight excluding hydrogens is 385 g/mol. The van der Waals surface area contributed by atoms with E-state index in [9.17, 15) is 13.2 Å². The first-order chi connectivity index (χ1) is 8.88. The molecule has 1 unspecified atom stereocenters. The Morgan fingerprint density at radius 2 is 1.53 bits per heavy atom. The Bertz CT molecular complexity index is 606. The number of rotatable bonds is 2. The smallest absolute Gasteiger partial charge is 0.161 e. The molecule has 100 valence electrons. The largest absolute Gasteiger partial charge is 0.207 e. The summed E-state index contributed by atoms with van der Waals surface area (Å²) < 4.78 is 40.7. The highest BCUT2D eigenvalue weighted by Gasteiger charge is 2.18. The van der Waals surface area contributed by atoms with Gasteiger partial charge in [-0.25, -0.2) is 13.2 Å². The second kappa shape index (κ2) is 5.67. The van der Waals surface area contributed by atoms with Crippen LogP contribution in [-0.4, -0.2) is 0 Å². The average molecular weight is 394 g/mol. The lowest BCUT2D eigenvalue weighted by Gasteiger charge is -2.13. The van der Waals surface area contributed by atoms with Crippen LogP contribution in [0.4, 0.5) is 13.2 Å². The predicted octanol–water partition coefficient (Wildman–Crippen LogP) is 5.66. The second-order valence-corrected chi connectivity index (χ2v) is 6.04. The van der Waals surface area contributed by atoms with Crippen molar-refractivity contribution in [2.24, 2.45) is 0 Å². The first-order valence-electron chi connectivity index (χ1n) is 5.44. The van der Waals surface area contributed by atoms with Gasteiger partial charge in [-0.05, 0) is 36.2 Å². The number of hydrogen-bond donors (Lipinski definition) is 0. The monoisotopic (exact) mass is 392 g/mol. The van der Waals surface area contributed by atoms with E-state index in [1.165, 1.54) is 0 Å². The maximum atomic E-state index is 13.7. The van der Waals surface area contributed by atoms with Crippen molar-refractivity contribution in [3.8, 4) is 0 Å². The van der Waals surface area contributed by atoms with Crippen molar-refractivity contribution < 1.29 is 13.2 Å². The Morgan fingerprint density at radius 1 is 0.895 bits per heavy atom. The highest BCUT2D eigenvalue weighted by Crippen LogP contribution is 2.35. The zero-order valence-electron chi connectivity index (χ0n) is 9.85. The number of aryl methyl sites for hydroxylation is 1. The van der Waals surface area contributed by atoms with Gasteiger partial charge < -0.3 is 0 Å². The summed E-state index contributed by atoms with van der Waals surface area (Å²) in [5, 5.41) is 0. The van der Waals surface area contributed by atoms with Crippen LogP contribution in [0.3, 0.4) is 0 Å². The molecule has 0 aliphatic carbocycles. The molecule has 0 saturated heterocycles. The Balaban J connectivity index is 2.49. The van der Waals surface area contributed by atoms with E-state index in [4.69, 9.17) is 0 Å². The number of benzene rings is 2. The third kappa shape index (κ3) is 3.20. The third-order valence-electron chi connectivity index (χ3n) is 2.67. The molecule has 0 radical (unpaired) electrons. The number of halogens is 5. The molecular formula is C14H9Br2F3. The van der Waals surface area contributed by atoms with Gasteiger partial charge >= 0.3 is 0 Å². The summed E-state index contributed by atoms with van der Waals surface area (Å²) >= 11 is 6.67. The van der Waals surface area contributed by atoms with Crippen LogP contribution in [0.15, 0.2) is 34.8 Å². The first-order valence-corrected chi connectivity index (χ1v) is 7.15. The molecule has 0 aliphatic rings. The summed E-state index contributed by atoms with van der Waals surface area (Å²) in [7, 11) is 0. The fourth-order valence-electron chi connectivity index (χ4n) is 1.82. The van der Waals surface area contributed by atoms with Crippen LogP contribution < -0.4 is 0 Å². The van der Waals surface area contributed by atoms with Crippen molar-refractivity contribution in [3.05, 3.63) is 68.9 Å². The second-order valence-electron chi connectivity index (χ2n) is 4.21. The molecule has 2 aromatic rings. The molecule has 0 amide bonds. The van der Waals surface area contributed by atoms with Crippen LogP contribution in [0.1, 0.15) is 21.5 Å². The Labute approximate surface area is 125 Å². The van der Waals surface area contributed by atoms with E-state index in [-0.39, 0.29) is 5.56 Å². The highest BCUT2D eigenvalue weighted by molar-refractivity contribution is 9.10. The minimum atomic E-state index is -1.19. The SMILES string of the molecule is Cc1cc(Br)cc(C(Br)c2cc(F)c(F)cc2F)c1. The molecule has 19 heavy (non-hydrogen) atoms. The predicted molar refractivity (Wildman–Crippen MR) is 76.0 cm³/mol. The minimum absolute atomic E-state index is 0.0661. The van der Waals surface area contributed by atoms with Gasteiger partial charge in [0.1, 0.15) is 5.82 Å². The van der Waals surface area contributed by atoms with Gasteiger partial charge in [0.15, 0.2) is 11.6 Å². The molecule has 0 heterocycles. The lowest BCUT2D eigenvalue weighted by Crippen LogP contribution is -2.00. The van der Waals surface area contributed by atoms with Crippen molar-refractivity contribution in [3.63, 3.8) is 0 Å². The van der Waals surface area contributed by atoms with Crippen molar-refractivity contribution in [1.82, 2.24) is 0 Å². The quantitative estimate of drug-likeness (QED) is 0.456. The summed E-state index contributed by atoms with van der Waals surface area (Å²) in [5.41, 5.74) is 1.81. The zero-order chi connectivity index (χ0) is 14.2. The van der Waals surface area contributed by atoms with Crippen LogP contribution in [0, 0.1) is 24.4 Å². The van der Waals surface area contributed by atoms with E-state index >= 15 is 0 Å². The van der Waals surface area contributed by atoms with Crippen LogP contribution in [0.2, 0.25) is 0 Å². The van der Waals surface area contributed by atoms with Gasteiger partial charge in [-0.3, -0.25) is 0 Å². The van der Waals surface area contributed by atoms with Gasteiger partial charge in [-0.15, -0.1) is 0 Å². The van der Waals surface area contributed by atoms with E-state index in [2.05, 4.69) is 31.9 Å². The highest BCUT2D eigenvalue weighted by atomic mass is 79.9. The summed E-state index contributed by atoms with van der Waals surface area (Å²) in [4.78, 5) is -0.543. The van der Waals surface area contributed by atoms with Crippen molar-refractivity contribution >= 4 is 31.9 Å². The van der Waals surface area contributed by atoms with Gasteiger partial charge in [0.2, 0.25) is 0 Å². The molecule has 0 bridgehead atoms. The first kappa shape index (κ1) is 14.6. The Morgan fingerprint density at radius 3 is 2.16 bits per heavy atom. The molecule has 2 rings (SSSR count). The number of hydrogen-bond acceptors (Lipinski definition) is 0. The average Bonchev–Trinajstić information content (AvgIpc) is 2.31. The summed E-state index contributed by atoms with van der Waals surface area (Å²) in [6, 6.07) is 6.99. The molecule has 1 atom stereocenters. The molecule has 0 aliphatic heterocycles. The van der Waals surface area contributed by atoms with Crippen LogP contribution in [0.25, 0.3) is 0 Å². The van der Waals surface area contributed by atoms with Crippen molar-refractivity contribution in [1.29, 1.82) is 0 Å². The molecule has 5 heteroatoms. The standard InChI is InChI=1S/C14H9Br2F3/c1-7-2-8(4-9(15)3-7)14(16)10-5-12(18)13(19)6-11(10)17/h2-6,14H,1H3. The Hall–Kier alpha value is -0.810. The van der Waals surface area contributed by atoms with Crippen LogP contribution in [-0.2, 0) is 0 Å². The molecule has 0 spiro atoms. The van der Waals surface area contributed by atoms with Crippen LogP contribution >= 0.6 is 31.9 Å². The van der Waals surface area contributed by atoms with Gasteiger partial charge in [0.05, 0.1) is 4.83 Å². The topological polar surface area (TPSA) is 0 Å².